The van der Waals surface area contributed by atoms with Gasteiger partial charge in [0, 0.05) is 26.2 Å². The molecule has 2 aliphatic carbocycles. The van der Waals surface area contributed by atoms with E-state index in [0.29, 0.717) is 35.9 Å². The SMILES string of the molecule is COC=C(C=[N+](C)C)[C@@H]1CC12CCN(C(=O)OCc1ccccc1)CC2.COC=C(C=[N+](C)C)[C@@H]1CC12CCN(C(=O)OCc1ccccc1)CC2.O=C([O-])[O-]. The summed E-state index contributed by atoms with van der Waals surface area (Å²) in [5.41, 5.74) is 5.19. The van der Waals surface area contributed by atoms with Crippen molar-refractivity contribution in [2.75, 3.05) is 68.6 Å². The number of ether oxygens (including phenoxy) is 4. The van der Waals surface area contributed by atoms with Gasteiger partial charge in [0.05, 0.1) is 37.9 Å². The predicted octanol–water partition coefficient (Wildman–Crippen LogP) is 4.15. The first-order valence-corrected chi connectivity index (χ1v) is 19.1. The fraction of sp³-hybridized carbons (Fsp3) is 0.512. The number of carbonyl (C=O) groups excluding carboxylic acids is 3. The third-order valence-corrected chi connectivity index (χ3v) is 11.0. The zero-order chi connectivity index (χ0) is 40.7. The van der Waals surface area contributed by atoms with Crippen LogP contribution in [0.15, 0.2) is 84.3 Å². The summed E-state index contributed by atoms with van der Waals surface area (Å²) in [6.07, 6.45) is 11.7. The number of hydrogen-bond acceptors (Lipinski definition) is 9. The van der Waals surface area contributed by atoms with Gasteiger partial charge in [-0.2, -0.15) is 0 Å². The number of hydrogen-bond donors (Lipinski definition) is 0. The summed E-state index contributed by atoms with van der Waals surface area (Å²) in [5.74, 6) is 1.07. The Morgan fingerprint density at radius 2 is 0.964 bits per heavy atom. The first kappa shape index (κ1) is 43.4. The summed E-state index contributed by atoms with van der Waals surface area (Å²) in [7, 11) is 11.5. The fourth-order valence-electron chi connectivity index (χ4n) is 7.91. The number of carbonyl (C=O) groups is 3. The maximum Gasteiger partial charge on any atom is 0.410 e. The minimum atomic E-state index is -2.33. The first-order chi connectivity index (χ1) is 26.8. The van der Waals surface area contributed by atoms with E-state index >= 15 is 0 Å². The van der Waals surface area contributed by atoms with Gasteiger partial charge in [-0.25, -0.2) is 18.7 Å². The van der Waals surface area contributed by atoms with Gasteiger partial charge in [-0.05, 0) is 78.5 Å². The van der Waals surface area contributed by atoms with Crippen molar-refractivity contribution in [1.29, 1.82) is 0 Å². The molecule has 2 heterocycles. The van der Waals surface area contributed by atoms with Crippen LogP contribution in [0, 0.1) is 22.7 Å². The average Bonchev–Trinajstić information content (AvgIpc) is 4.08. The molecule has 2 saturated heterocycles. The Kier molecular flexibility index (Phi) is 15.9. The van der Waals surface area contributed by atoms with Gasteiger partial charge in [0.1, 0.15) is 41.4 Å². The zero-order valence-electron chi connectivity index (χ0n) is 33.7. The predicted molar refractivity (Wildman–Crippen MR) is 208 cm³/mol. The highest BCUT2D eigenvalue weighted by molar-refractivity contribution is 5.77. The minimum absolute atomic E-state index is 0.201. The maximum atomic E-state index is 12.3. The Balaban J connectivity index is 0.000000227. The lowest BCUT2D eigenvalue weighted by molar-refractivity contribution is -0.459. The molecule has 0 bridgehead atoms. The number of methoxy groups -OCH3 is 2. The Morgan fingerprint density at radius 3 is 1.25 bits per heavy atom. The molecule has 2 aromatic carbocycles. The van der Waals surface area contributed by atoms with Crippen molar-refractivity contribution in [2.24, 2.45) is 22.7 Å². The summed E-state index contributed by atoms with van der Waals surface area (Å²) in [4.78, 5) is 36.7. The molecule has 2 aromatic rings. The molecule has 6 rings (SSSR count). The minimum Gasteiger partial charge on any atom is -0.652 e. The molecular weight excluding hydrogens is 716 g/mol. The fourth-order valence-corrected chi connectivity index (χ4v) is 7.91. The van der Waals surface area contributed by atoms with Crippen LogP contribution in [0.2, 0.25) is 0 Å². The van der Waals surface area contributed by atoms with Crippen LogP contribution in [-0.4, -0.2) is 118 Å². The smallest absolute Gasteiger partial charge is 0.410 e. The number of amides is 2. The van der Waals surface area contributed by atoms with E-state index in [1.807, 2.05) is 111 Å². The van der Waals surface area contributed by atoms with Crippen LogP contribution >= 0.6 is 0 Å². The van der Waals surface area contributed by atoms with Gasteiger partial charge < -0.3 is 43.8 Å². The van der Waals surface area contributed by atoms with Crippen LogP contribution in [0.5, 0.6) is 0 Å². The Hall–Kier alpha value is -5.33. The lowest BCUT2D eigenvalue weighted by atomic mass is 9.89. The molecule has 2 aliphatic heterocycles. The molecule has 0 aromatic heterocycles. The summed E-state index contributed by atoms with van der Waals surface area (Å²) >= 11 is 0. The van der Waals surface area contributed by atoms with Crippen LogP contribution in [0.25, 0.3) is 0 Å². The lowest BCUT2D eigenvalue weighted by Gasteiger charge is -2.32. The average molecular weight is 775 g/mol. The van der Waals surface area contributed by atoms with Crippen LogP contribution in [-0.2, 0) is 32.2 Å². The first-order valence-electron chi connectivity index (χ1n) is 19.1. The molecule has 2 spiro atoms. The number of allylic oxidation sites excluding steroid dienone is 2. The highest BCUT2D eigenvalue weighted by atomic mass is 16.6. The van der Waals surface area contributed by atoms with Gasteiger partial charge in [-0.1, -0.05) is 60.7 Å². The topological polar surface area (TPSA) is 147 Å². The van der Waals surface area contributed by atoms with E-state index in [1.165, 1.54) is 24.0 Å². The largest absolute Gasteiger partial charge is 0.652 e. The third kappa shape index (κ3) is 12.9. The summed E-state index contributed by atoms with van der Waals surface area (Å²) in [6, 6.07) is 19.6. The molecule has 0 radical (unpaired) electrons. The number of piperidine rings is 2. The van der Waals surface area contributed by atoms with Gasteiger partial charge in [0.15, 0.2) is 12.4 Å². The molecule has 2 saturated carbocycles. The van der Waals surface area contributed by atoms with Gasteiger partial charge in [0.25, 0.3) is 0 Å². The lowest BCUT2D eigenvalue weighted by Crippen LogP contribution is -2.40. The van der Waals surface area contributed by atoms with Crippen molar-refractivity contribution in [2.45, 2.75) is 51.7 Å². The van der Waals surface area contributed by atoms with Crippen molar-refractivity contribution in [3.05, 3.63) is 95.5 Å². The monoisotopic (exact) mass is 774 g/mol. The van der Waals surface area contributed by atoms with E-state index < -0.39 is 6.16 Å². The molecule has 4 aliphatic rings. The number of rotatable bonds is 10. The highest BCUT2D eigenvalue weighted by Gasteiger charge is 2.58. The van der Waals surface area contributed by atoms with Gasteiger partial charge >= 0.3 is 12.2 Å². The number of likely N-dealkylation sites (tertiary alicyclic amines) is 2. The molecule has 4 fully saturated rings. The maximum absolute atomic E-state index is 12.3. The standard InChI is InChI=1S/2C21H29N2O3.CH2O3/c2*1-22(2)14-18(16-25-3)19-13-21(19)9-11-23(12-10-21)20(24)26-15-17-7-5-4-6-8-17;2-1(3)4/h2*4-8,14,16,19H,9-13,15H2,1-3H3;(H2,2,3,4)/q2*+1;/p-2/t2*19-;/m00./s1. The molecule has 2 amide bonds. The Morgan fingerprint density at radius 1 is 0.643 bits per heavy atom. The van der Waals surface area contributed by atoms with Crippen molar-refractivity contribution in [3.8, 4) is 0 Å². The quantitative estimate of drug-likeness (QED) is 0.197. The van der Waals surface area contributed by atoms with Gasteiger partial charge in [-0.15, -0.1) is 0 Å². The van der Waals surface area contributed by atoms with E-state index in [0.717, 1.165) is 63.0 Å². The van der Waals surface area contributed by atoms with E-state index in [9.17, 15) is 9.59 Å². The van der Waals surface area contributed by atoms with Crippen molar-refractivity contribution < 1.29 is 52.7 Å². The molecule has 304 valence electrons. The summed E-state index contributed by atoms with van der Waals surface area (Å²) in [6.45, 7) is 3.75. The van der Waals surface area contributed by atoms with Gasteiger partial charge in [-0.3, -0.25) is 0 Å². The second-order valence-electron chi connectivity index (χ2n) is 15.4. The van der Waals surface area contributed by atoms with Gasteiger partial charge in [0.2, 0.25) is 0 Å². The van der Waals surface area contributed by atoms with E-state index in [2.05, 4.69) is 21.6 Å². The van der Waals surface area contributed by atoms with Crippen molar-refractivity contribution >= 4 is 30.8 Å². The second-order valence-corrected chi connectivity index (χ2v) is 15.4. The molecule has 2 atom stereocenters. The van der Waals surface area contributed by atoms with E-state index in [1.54, 1.807) is 14.2 Å². The molecule has 13 nitrogen and oxygen atoms in total. The van der Waals surface area contributed by atoms with Crippen molar-refractivity contribution in [3.63, 3.8) is 0 Å². The summed E-state index contributed by atoms with van der Waals surface area (Å²) in [5, 5.41) is 16.7. The molecule has 56 heavy (non-hydrogen) atoms. The highest BCUT2D eigenvalue weighted by Crippen LogP contribution is 2.63. The Bertz CT molecular complexity index is 1590. The number of nitrogens with zero attached hydrogens (tertiary/aromatic N) is 4. The van der Waals surface area contributed by atoms with Crippen LogP contribution in [0.3, 0.4) is 0 Å². The summed E-state index contributed by atoms with van der Waals surface area (Å²) < 4.78 is 25.6. The molecular formula is C43H58N4O9. The van der Waals surface area contributed by atoms with Crippen LogP contribution in [0.1, 0.15) is 49.7 Å². The van der Waals surface area contributed by atoms with E-state index in [-0.39, 0.29) is 12.2 Å². The van der Waals surface area contributed by atoms with Crippen LogP contribution in [0.4, 0.5) is 14.4 Å². The normalized spacial score (nSPS) is 20.2. The Labute approximate surface area is 331 Å². The zero-order valence-corrected chi connectivity index (χ0v) is 33.7. The molecule has 0 unspecified atom stereocenters. The second kappa shape index (κ2) is 20.5. The van der Waals surface area contributed by atoms with Crippen molar-refractivity contribution in [1.82, 2.24) is 9.80 Å². The molecule has 0 N–H and O–H groups in total. The van der Waals surface area contributed by atoms with Crippen LogP contribution < -0.4 is 10.2 Å². The van der Waals surface area contributed by atoms with E-state index in [4.69, 9.17) is 34.0 Å². The number of benzene rings is 2. The molecule has 13 heteroatoms. The number of carboxylic acid groups (broad SMARTS) is 2. The third-order valence-electron chi connectivity index (χ3n) is 11.0.